The Morgan fingerprint density at radius 3 is 2.70 bits per heavy atom. The minimum Gasteiger partial charge on any atom is -1.00 e. The van der Waals surface area contributed by atoms with Gasteiger partial charge in [0.1, 0.15) is 0 Å². The second-order valence-electron chi connectivity index (χ2n) is 1.52. The van der Waals surface area contributed by atoms with E-state index >= 15 is 0 Å². The van der Waals surface area contributed by atoms with Crippen LogP contribution in [0.5, 0.6) is 0 Å². The molecule has 4 heteroatoms. The van der Waals surface area contributed by atoms with Gasteiger partial charge in [0, 0.05) is 12.4 Å². The fourth-order valence-electron chi connectivity index (χ4n) is 0.479. The molecule has 0 spiro atoms. The van der Waals surface area contributed by atoms with E-state index in [4.69, 9.17) is 11.6 Å². The smallest absolute Gasteiger partial charge is 1.00 e. The topological polar surface area (TPSA) is 30.0 Å². The Balaban J connectivity index is 0. The summed E-state index contributed by atoms with van der Waals surface area (Å²) in [6.07, 6.45) is 3.01. The van der Waals surface area contributed by atoms with Crippen molar-refractivity contribution in [2.24, 2.45) is 0 Å². The molecule has 0 saturated heterocycles. The second-order valence-corrected chi connectivity index (χ2v) is 1.86. The van der Waals surface area contributed by atoms with Crippen molar-refractivity contribution in [1.29, 1.82) is 0 Å². The third-order valence-electron chi connectivity index (χ3n) is 0.888. The van der Waals surface area contributed by atoms with Crippen LogP contribution in [0.1, 0.15) is 11.8 Å². The van der Waals surface area contributed by atoms with Crippen LogP contribution < -0.4 is 29.6 Å². The molecule has 1 aromatic heterocycles. The molecule has 0 radical (unpaired) electrons. The van der Waals surface area contributed by atoms with Gasteiger partial charge in [-0.25, -0.2) is 0 Å². The zero-order chi connectivity index (χ0) is 6.69. The van der Waals surface area contributed by atoms with E-state index in [1.54, 1.807) is 18.3 Å². The van der Waals surface area contributed by atoms with Crippen molar-refractivity contribution in [2.75, 3.05) is 0 Å². The van der Waals surface area contributed by atoms with Gasteiger partial charge < -0.3 is 1.43 Å². The van der Waals surface area contributed by atoms with E-state index < -0.39 is 5.24 Å². The molecular weight excluding hydrogens is 161 g/mol. The molecule has 48 valence electrons. The number of halogens is 1. The van der Waals surface area contributed by atoms with Gasteiger partial charge in [-0.2, -0.15) is 0 Å². The monoisotopic (exact) mass is 165 g/mol. The van der Waals surface area contributed by atoms with Gasteiger partial charge >= 0.3 is 29.6 Å². The maximum Gasteiger partial charge on any atom is 1.00 e. The molecule has 0 aliphatic heterocycles. The molecule has 0 saturated carbocycles. The summed E-state index contributed by atoms with van der Waals surface area (Å²) in [5.74, 6) is 0. The average molecular weight is 166 g/mol. The Morgan fingerprint density at radius 1 is 1.70 bits per heavy atom. The zero-order valence-corrected chi connectivity index (χ0v) is 8.30. The first-order chi connectivity index (χ1) is 4.30. The number of hydrogen-bond acceptors (Lipinski definition) is 2. The number of hydrogen-bond donors (Lipinski definition) is 0. The molecule has 0 aromatic carbocycles. The van der Waals surface area contributed by atoms with Crippen LogP contribution in [0, 0.1) is 0 Å². The normalized spacial score (nSPS) is 8.10. The maximum atomic E-state index is 10.4. The SMILES string of the molecule is O=C(Cl)c1cccnc1.[H-].[Na+]. The molecule has 0 aliphatic carbocycles. The number of carbonyl (C=O) groups is 1. The van der Waals surface area contributed by atoms with Crippen molar-refractivity contribution in [2.45, 2.75) is 0 Å². The number of rotatable bonds is 1. The van der Waals surface area contributed by atoms with Crippen molar-refractivity contribution in [3.05, 3.63) is 30.1 Å². The van der Waals surface area contributed by atoms with Gasteiger partial charge in [-0.15, -0.1) is 0 Å². The Labute approximate surface area is 87.4 Å². The van der Waals surface area contributed by atoms with E-state index in [1.807, 2.05) is 0 Å². The molecule has 0 N–H and O–H groups in total. The fraction of sp³-hybridized carbons (Fsp3) is 0. The number of pyridine rings is 1. The first-order valence-corrected chi connectivity index (χ1v) is 2.78. The molecule has 0 aliphatic rings. The van der Waals surface area contributed by atoms with Crippen LogP contribution in [0.25, 0.3) is 0 Å². The van der Waals surface area contributed by atoms with Crippen LogP contribution in [-0.4, -0.2) is 10.2 Å². The zero-order valence-electron chi connectivity index (χ0n) is 6.54. The number of carbonyl (C=O) groups excluding carboxylic acids is 1. The van der Waals surface area contributed by atoms with Crippen molar-refractivity contribution < 1.29 is 35.8 Å². The van der Waals surface area contributed by atoms with Crippen molar-refractivity contribution in [3.63, 3.8) is 0 Å². The summed E-state index contributed by atoms with van der Waals surface area (Å²) in [4.78, 5) is 14.1. The summed E-state index contributed by atoms with van der Waals surface area (Å²) >= 11 is 5.12. The standard InChI is InChI=1S/C6H4ClNO.Na.H/c7-6(9)5-2-1-3-8-4-5;;/h1-4H;;/q;+1;-1. The van der Waals surface area contributed by atoms with Crippen LogP contribution in [0.3, 0.4) is 0 Å². The van der Waals surface area contributed by atoms with Crippen molar-refractivity contribution >= 4 is 16.8 Å². The largest absolute Gasteiger partial charge is 1.00 e. The molecule has 0 unspecified atom stereocenters. The molecule has 0 bridgehead atoms. The molecule has 1 aromatic rings. The second kappa shape index (κ2) is 4.85. The Kier molecular flexibility index (Phi) is 4.91. The van der Waals surface area contributed by atoms with E-state index in [9.17, 15) is 4.79 Å². The van der Waals surface area contributed by atoms with Crippen LogP contribution in [-0.2, 0) is 0 Å². The van der Waals surface area contributed by atoms with Gasteiger partial charge in [0.25, 0.3) is 5.24 Å². The summed E-state index contributed by atoms with van der Waals surface area (Å²) in [6.45, 7) is 0. The van der Waals surface area contributed by atoms with Crippen molar-refractivity contribution in [3.8, 4) is 0 Å². The van der Waals surface area contributed by atoms with E-state index in [1.165, 1.54) is 6.20 Å². The van der Waals surface area contributed by atoms with E-state index in [0.717, 1.165) is 0 Å². The molecular formula is C6H5ClNNaO. The quantitative estimate of drug-likeness (QED) is 0.378. The van der Waals surface area contributed by atoms with Gasteiger partial charge in [0.15, 0.2) is 0 Å². The first-order valence-electron chi connectivity index (χ1n) is 2.40. The molecule has 0 amide bonds. The number of aromatic nitrogens is 1. The van der Waals surface area contributed by atoms with E-state index in [-0.39, 0.29) is 31.0 Å². The first kappa shape index (κ1) is 10.1. The summed E-state index contributed by atoms with van der Waals surface area (Å²) in [5, 5.41) is -0.469. The van der Waals surface area contributed by atoms with Gasteiger partial charge in [0.05, 0.1) is 5.56 Å². The molecule has 1 rings (SSSR count). The Hall–Kier alpha value is 0.110. The predicted molar refractivity (Wildman–Crippen MR) is 35.5 cm³/mol. The Morgan fingerprint density at radius 2 is 2.40 bits per heavy atom. The van der Waals surface area contributed by atoms with Crippen LogP contribution in [0.15, 0.2) is 24.5 Å². The predicted octanol–water partition coefficient (Wildman–Crippen LogP) is -1.42. The van der Waals surface area contributed by atoms with Gasteiger partial charge in [-0.3, -0.25) is 9.78 Å². The van der Waals surface area contributed by atoms with Gasteiger partial charge in [-0.1, -0.05) is 0 Å². The van der Waals surface area contributed by atoms with Crippen LogP contribution in [0.2, 0.25) is 0 Å². The van der Waals surface area contributed by atoms with Gasteiger partial charge in [0.2, 0.25) is 0 Å². The van der Waals surface area contributed by atoms with Crippen LogP contribution in [0.4, 0.5) is 0 Å². The average Bonchev–Trinajstić information content (AvgIpc) is 1.90. The Bertz CT molecular complexity index is 219. The molecule has 0 fully saturated rings. The molecule has 1 heterocycles. The van der Waals surface area contributed by atoms with E-state index in [2.05, 4.69) is 4.98 Å². The molecule has 2 nitrogen and oxygen atoms in total. The minimum absolute atomic E-state index is 0. The van der Waals surface area contributed by atoms with Crippen LogP contribution >= 0.6 is 11.6 Å². The third kappa shape index (κ3) is 2.80. The summed E-state index contributed by atoms with van der Waals surface area (Å²) in [5.41, 5.74) is 0.430. The van der Waals surface area contributed by atoms with Gasteiger partial charge in [-0.05, 0) is 23.7 Å². The molecule has 0 atom stereocenters. The fourth-order valence-corrected chi connectivity index (χ4v) is 0.591. The molecule has 10 heavy (non-hydrogen) atoms. The third-order valence-corrected chi connectivity index (χ3v) is 1.11. The summed E-state index contributed by atoms with van der Waals surface area (Å²) in [6, 6.07) is 3.28. The minimum atomic E-state index is -0.469. The maximum absolute atomic E-state index is 10.4. The van der Waals surface area contributed by atoms with E-state index in [0.29, 0.717) is 5.56 Å². The summed E-state index contributed by atoms with van der Waals surface area (Å²) < 4.78 is 0. The summed E-state index contributed by atoms with van der Waals surface area (Å²) in [7, 11) is 0. The number of nitrogens with zero attached hydrogens (tertiary/aromatic N) is 1. The van der Waals surface area contributed by atoms with Crippen molar-refractivity contribution in [1.82, 2.24) is 4.98 Å².